The fraction of sp³-hybridized carbons (Fsp3) is 0.533. The zero-order chi connectivity index (χ0) is 13.8. The Hall–Kier alpha value is -1.71. The second-order valence-electron chi connectivity index (χ2n) is 5.12. The second-order valence-corrected chi connectivity index (χ2v) is 5.12. The van der Waals surface area contributed by atoms with Crippen molar-refractivity contribution in [2.75, 3.05) is 19.4 Å². The van der Waals surface area contributed by atoms with Gasteiger partial charge in [-0.15, -0.1) is 0 Å². The lowest BCUT2D eigenvalue weighted by atomic mass is 10.1. The number of anilines is 1. The number of amides is 1. The standard InChI is InChI=1S/C15H22N2O2/c1-11-7-4-3-5-10-17(11)15(18)12-8-6-9-13(16)14(12)19-2/h6,8-9,11H,3-5,7,10,16H2,1-2H3. The van der Waals surface area contributed by atoms with E-state index in [-0.39, 0.29) is 11.9 Å². The summed E-state index contributed by atoms with van der Waals surface area (Å²) in [5.41, 5.74) is 6.94. The van der Waals surface area contributed by atoms with Crippen LogP contribution >= 0.6 is 0 Å². The van der Waals surface area contributed by atoms with Gasteiger partial charge in [-0.2, -0.15) is 0 Å². The van der Waals surface area contributed by atoms with Crippen LogP contribution < -0.4 is 10.5 Å². The normalized spacial score (nSPS) is 19.9. The van der Waals surface area contributed by atoms with E-state index in [1.807, 2.05) is 4.90 Å². The second kappa shape index (κ2) is 5.95. The highest BCUT2D eigenvalue weighted by atomic mass is 16.5. The first kappa shape index (κ1) is 13.7. The third kappa shape index (κ3) is 2.83. The van der Waals surface area contributed by atoms with Gasteiger partial charge in [0.15, 0.2) is 5.75 Å². The van der Waals surface area contributed by atoms with Crippen LogP contribution in [0.3, 0.4) is 0 Å². The molecule has 0 radical (unpaired) electrons. The van der Waals surface area contributed by atoms with Crippen molar-refractivity contribution < 1.29 is 9.53 Å². The van der Waals surface area contributed by atoms with Crippen LogP contribution in [-0.2, 0) is 0 Å². The van der Waals surface area contributed by atoms with Gasteiger partial charge >= 0.3 is 0 Å². The number of ether oxygens (including phenoxy) is 1. The summed E-state index contributed by atoms with van der Waals surface area (Å²) in [4.78, 5) is 14.6. The average molecular weight is 262 g/mol. The molecule has 1 saturated heterocycles. The Morgan fingerprint density at radius 3 is 2.89 bits per heavy atom. The van der Waals surface area contributed by atoms with E-state index in [0.717, 1.165) is 19.4 Å². The lowest BCUT2D eigenvalue weighted by Gasteiger charge is -2.28. The molecule has 104 valence electrons. The topological polar surface area (TPSA) is 55.6 Å². The van der Waals surface area contributed by atoms with Crippen LogP contribution in [0.1, 0.15) is 43.0 Å². The van der Waals surface area contributed by atoms with Gasteiger partial charge in [0, 0.05) is 12.6 Å². The number of rotatable bonds is 2. The van der Waals surface area contributed by atoms with E-state index in [2.05, 4.69) is 6.92 Å². The highest BCUT2D eigenvalue weighted by Crippen LogP contribution is 2.28. The molecule has 0 aromatic heterocycles. The van der Waals surface area contributed by atoms with Crippen molar-refractivity contribution in [1.82, 2.24) is 4.90 Å². The third-order valence-electron chi connectivity index (χ3n) is 3.79. The predicted molar refractivity (Wildman–Crippen MR) is 76.4 cm³/mol. The molecule has 4 heteroatoms. The van der Waals surface area contributed by atoms with E-state index in [1.54, 1.807) is 25.3 Å². The number of carbonyl (C=O) groups excluding carboxylic acids is 1. The lowest BCUT2D eigenvalue weighted by Crippen LogP contribution is -2.38. The van der Waals surface area contributed by atoms with Gasteiger partial charge in [-0.1, -0.05) is 18.9 Å². The van der Waals surface area contributed by atoms with Gasteiger partial charge in [0.05, 0.1) is 18.4 Å². The van der Waals surface area contributed by atoms with Crippen molar-refractivity contribution in [2.45, 2.75) is 38.6 Å². The van der Waals surface area contributed by atoms with E-state index >= 15 is 0 Å². The number of carbonyl (C=O) groups is 1. The van der Waals surface area contributed by atoms with Crippen LogP contribution in [0.2, 0.25) is 0 Å². The zero-order valence-corrected chi connectivity index (χ0v) is 11.7. The summed E-state index contributed by atoms with van der Waals surface area (Å²) < 4.78 is 5.28. The molecule has 1 fully saturated rings. The van der Waals surface area contributed by atoms with E-state index in [1.165, 1.54) is 12.8 Å². The summed E-state index contributed by atoms with van der Waals surface area (Å²) in [7, 11) is 1.55. The van der Waals surface area contributed by atoms with Gasteiger partial charge in [-0.05, 0) is 31.9 Å². The van der Waals surface area contributed by atoms with Gasteiger partial charge in [0.2, 0.25) is 0 Å². The molecule has 0 aliphatic carbocycles. The number of hydrogen-bond acceptors (Lipinski definition) is 3. The average Bonchev–Trinajstić information content (AvgIpc) is 2.62. The van der Waals surface area contributed by atoms with Crippen molar-refractivity contribution in [3.8, 4) is 5.75 Å². The molecule has 0 saturated carbocycles. The minimum Gasteiger partial charge on any atom is -0.494 e. The number of nitrogens with two attached hydrogens (primary N) is 1. The quantitative estimate of drug-likeness (QED) is 0.834. The van der Waals surface area contributed by atoms with Crippen molar-refractivity contribution >= 4 is 11.6 Å². The number of para-hydroxylation sites is 1. The Labute approximate surface area is 114 Å². The predicted octanol–water partition coefficient (Wildman–Crippen LogP) is 2.68. The van der Waals surface area contributed by atoms with Crippen molar-refractivity contribution in [1.29, 1.82) is 0 Å². The summed E-state index contributed by atoms with van der Waals surface area (Å²) in [5, 5.41) is 0. The molecular weight excluding hydrogens is 240 g/mol. The molecule has 1 unspecified atom stereocenters. The number of nitrogen functional groups attached to an aromatic ring is 1. The molecule has 2 rings (SSSR count). The maximum Gasteiger partial charge on any atom is 0.257 e. The SMILES string of the molecule is COc1c(N)cccc1C(=O)N1CCCCCC1C. The Kier molecular flexibility index (Phi) is 4.30. The van der Waals surface area contributed by atoms with Gasteiger partial charge in [-0.25, -0.2) is 0 Å². The van der Waals surface area contributed by atoms with Crippen molar-refractivity contribution in [3.05, 3.63) is 23.8 Å². The monoisotopic (exact) mass is 262 g/mol. The molecule has 1 amide bonds. The Balaban J connectivity index is 2.30. The van der Waals surface area contributed by atoms with Crippen molar-refractivity contribution in [3.63, 3.8) is 0 Å². The molecule has 0 spiro atoms. The van der Waals surface area contributed by atoms with E-state index in [4.69, 9.17) is 10.5 Å². The lowest BCUT2D eigenvalue weighted by molar-refractivity contribution is 0.0694. The fourth-order valence-corrected chi connectivity index (χ4v) is 2.68. The van der Waals surface area contributed by atoms with Crippen LogP contribution in [-0.4, -0.2) is 30.5 Å². The minimum atomic E-state index is 0.0264. The summed E-state index contributed by atoms with van der Waals surface area (Å²) in [6.45, 7) is 2.93. The first-order valence-corrected chi connectivity index (χ1v) is 6.88. The first-order chi connectivity index (χ1) is 9.15. The summed E-state index contributed by atoms with van der Waals surface area (Å²) >= 11 is 0. The van der Waals surface area contributed by atoms with E-state index in [9.17, 15) is 4.79 Å². The number of hydrogen-bond donors (Lipinski definition) is 1. The Morgan fingerprint density at radius 2 is 2.16 bits per heavy atom. The van der Waals surface area contributed by atoms with Gasteiger partial charge in [0.1, 0.15) is 0 Å². The fourth-order valence-electron chi connectivity index (χ4n) is 2.68. The molecule has 19 heavy (non-hydrogen) atoms. The molecule has 0 bridgehead atoms. The number of benzene rings is 1. The van der Waals surface area contributed by atoms with E-state index < -0.39 is 0 Å². The largest absolute Gasteiger partial charge is 0.494 e. The highest BCUT2D eigenvalue weighted by Gasteiger charge is 2.25. The number of nitrogens with zero attached hydrogens (tertiary/aromatic N) is 1. The number of likely N-dealkylation sites (tertiary alicyclic amines) is 1. The molecule has 1 aliphatic rings. The summed E-state index contributed by atoms with van der Waals surface area (Å²) in [5.74, 6) is 0.516. The molecular formula is C15H22N2O2. The molecule has 1 aromatic carbocycles. The van der Waals surface area contributed by atoms with Crippen LogP contribution in [0.25, 0.3) is 0 Å². The number of methoxy groups -OCH3 is 1. The van der Waals surface area contributed by atoms with Crippen LogP contribution in [0.15, 0.2) is 18.2 Å². The molecule has 2 N–H and O–H groups in total. The Bertz CT molecular complexity index is 459. The van der Waals surface area contributed by atoms with Crippen LogP contribution in [0.4, 0.5) is 5.69 Å². The molecule has 1 aromatic rings. The molecule has 1 heterocycles. The molecule has 1 atom stereocenters. The molecule has 1 aliphatic heterocycles. The van der Waals surface area contributed by atoms with Crippen molar-refractivity contribution in [2.24, 2.45) is 0 Å². The highest BCUT2D eigenvalue weighted by molar-refractivity contribution is 5.98. The Morgan fingerprint density at radius 1 is 1.37 bits per heavy atom. The maximum atomic E-state index is 12.7. The smallest absolute Gasteiger partial charge is 0.257 e. The van der Waals surface area contributed by atoms with Gasteiger partial charge in [-0.3, -0.25) is 4.79 Å². The molecule has 4 nitrogen and oxygen atoms in total. The minimum absolute atomic E-state index is 0.0264. The van der Waals surface area contributed by atoms with Crippen LogP contribution in [0.5, 0.6) is 5.75 Å². The van der Waals surface area contributed by atoms with Crippen LogP contribution in [0, 0.1) is 0 Å². The maximum absolute atomic E-state index is 12.7. The summed E-state index contributed by atoms with van der Waals surface area (Å²) in [6.07, 6.45) is 4.53. The third-order valence-corrected chi connectivity index (χ3v) is 3.79. The van der Waals surface area contributed by atoms with Gasteiger partial charge in [0.25, 0.3) is 5.91 Å². The van der Waals surface area contributed by atoms with Gasteiger partial charge < -0.3 is 15.4 Å². The first-order valence-electron chi connectivity index (χ1n) is 6.88. The zero-order valence-electron chi connectivity index (χ0n) is 11.7. The van der Waals surface area contributed by atoms with E-state index in [0.29, 0.717) is 17.0 Å². The summed E-state index contributed by atoms with van der Waals surface area (Å²) in [6, 6.07) is 5.62.